The highest BCUT2D eigenvalue weighted by Crippen LogP contribution is 2.33. The number of ether oxygens (including phenoxy) is 1. The number of furan rings is 1. The van der Waals surface area contributed by atoms with Crippen LogP contribution in [0.15, 0.2) is 47.1 Å². The Hall–Kier alpha value is -2.76. The molecule has 6 heteroatoms. The molecule has 2 heterocycles. The predicted molar refractivity (Wildman–Crippen MR) is 79.4 cm³/mol. The monoisotopic (exact) mass is 300 g/mol. The first kappa shape index (κ1) is 14.2. The van der Waals surface area contributed by atoms with Gasteiger partial charge in [0.2, 0.25) is 5.91 Å². The summed E-state index contributed by atoms with van der Waals surface area (Å²) in [6.45, 7) is 1.91. The van der Waals surface area contributed by atoms with Crippen molar-refractivity contribution in [3.63, 3.8) is 0 Å². The van der Waals surface area contributed by atoms with Crippen LogP contribution in [0.2, 0.25) is 0 Å². The lowest BCUT2D eigenvalue weighted by molar-refractivity contribution is -0.128. The number of rotatable bonds is 4. The molecule has 3 rings (SSSR count). The van der Waals surface area contributed by atoms with Crippen molar-refractivity contribution >= 4 is 17.5 Å². The van der Waals surface area contributed by atoms with Crippen molar-refractivity contribution in [2.75, 3.05) is 11.4 Å². The second-order valence-corrected chi connectivity index (χ2v) is 5.01. The average Bonchev–Trinajstić information content (AvgIpc) is 3.03. The van der Waals surface area contributed by atoms with E-state index in [1.807, 2.05) is 6.07 Å². The molecular weight excluding hydrogens is 284 g/mol. The molecule has 0 bridgehead atoms. The maximum Gasteiger partial charge on any atom is 0.268 e. The van der Waals surface area contributed by atoms with E-state index >= 15 is 0 Å². The van der Waals surface area contributed by atoms with Crippen LogP contribution in [0.1, 0.15) is 12.7 Å². The molecule has 0 saturated carbocycles. The maximum absolute atomic E-state index is 12.3. The van der Waals surface area contributed by atoms with E-state index in [4.69, 9.17) is 9.15 Å². The number of carbonyl (C=O) groups is 2. The van der Waals surface area contributed by atoms with Gasteiger partial charge in [-0.3, -0.25) is 14.5 Å². The zero-order chi connectivity index (χ0) is 15.5. The Labute approximate surface area is 127 Å². The number of hydrogen-bond donors (Lipinski definition) is 1. The van der Waals surface area contributed by atoms with E-state index < -0.39 is 6.10 Å². The molecular formula is C16H16N2O4. The van der Waals surface area contributed by atoms with E-state index in [-0.39, 0.29) is 18.4 Å². The normalized spacial score (nSPS) is 16.9. The smallest absolute Gasteiger partial charge is 0.268 e. The number of anilines is 1. The van der Waals surface area contributed by atoms with Crippen LogP contribution in [0.3, 0.4) is 0 Å². The van der Waals surface area contributed by atoms with Crippen LogP contribution in [0, 0.1) is 0 Å². The van der Waals surface area contributed by atoms with E-state index in [9.17, 15) is 9.59 Å². The maximum atomic E-state index is 12.3. The van der Waals surface area contributed by atoms with Gasteiger partial charge in [-0.15, -0.1) is 0 Å². The number of fused-ring (bicyclic) bond motifs is 1. The summed E-state index contributed by atoms with van der Waals surface area (Å²) >= 11 is 0. The Kier molecular flexibility index (Phi) is 3.82. The van der Waals surface area contributed by atoms with Crippen molar-refractivity contribution in [2.24, 2.45) is 0 Å². The fourth-order valence-electron chi connectivity index (χ4n) is 2.32. The zero-order valence-electron chi connectivity index (χ0n) is 12.1. The van der Waals surface area contributed by atoms with E-state index in [2.05, 4.69) is 5.32 Å². The van der Waals surface area contributed by atoms with Crippen molar-refractivity contribution in [1.29, 1.82) is 0 Å². The topological polar surface area (TPSA) is 71.8 Å². The average molecular weight is 300 g/mol. The van der Waals surface area contributed by atoms with Gasteiger partial charge in [0.1, 0.15) is 18.1 Å². The van der Waals surface area contributed by atoms with Gasteiger partial charge in [0.05, 0.1) is 18.5 Å². The number of carbonyl (C=O) groups excluding carboxylic acids is 2. The Morgan fingerprint density at radius 3 is 2.86 bits per heavy atom. The largest absolute Gasteiger partial charge is 0.479 e. The van der Waals surface area contributed by atoms with E-state index in [1.165, 1.54) is 4.90 Å². The van der Waals surface area contributed by atoms with E-state index in [0.29, 0.717) is 23.7 Å². The minimum atomic E-state index is -0.604. The highest BCUT2D eigenvalue weighted by Gasteiger charge is 2.32. The number of amides is 2. The van der Waals surface area contributed by atoms with Crippen LogP contribution in [-0.4, -0.2) is 24.5 Å². The lowest BCUT2D eigenvalue weighted by Gasteiger charge is -2.32. The molecule has 0 fully saturated rings. The third-order valence-corrected chi connectivity index (χ3v) is 3.42. The van der Waals surface area contributed by atoms with Crippen LogP contribution in [0.4, 0.5) is 5.69 Å². The molecule has 0 saturated heterocycles. The van der Waals surface area contributed by atoms with Gasteiger partial charge < -0.3 is 14.5 Å². The van der Waals surface area contributed by atoms with Crippen molar-refractivity contribution in [3.8, 4) is 5.75 Å². The summed E-state index contributed by atoms with van der Waals surface area (Å²) in [7, 11) is 0. The van der Waals surface area contributed by atoms with Crippen molar-refractivity contribution in [3.05, 3.63) is 48.4 Å². The molecule has 114 valence electrons. The first-order valence-corrected chi connectivity index (χ1v) is 7.01. The van der Waals surface area contributed by atoms with Crippen molar-refractivity contribution in [1.82, 2.24) is 5.32 Å². The first-order valence-electron chi connectivity index (χ1n) is 7.01. The first-order chi connectivity index (χ1) is 10.6. The summed E-state index contributed by atoms with van der Waals surface area (Å²) in [5.74, 6) is 0.782. The van der Waals surface area contributed by atoms with Gasteiger partial charge in [-0.05, 0) is 31.2 Å². The summed E-state index contributed by atoms with van der Waals surface area (Å²) in [6.07, 6.45) is 0.943. The third kappa shape index (κ3) is 2.81. The molecule has 1 aromatic heterocycles. The van der Waals surface area contributed by atoms with Crippen LogP contribution < -0.4 is 15.0 Å². The summed E-state index contributed by atoms with van der Waals surface area (Å²) in [6, 6.07) is 10.7. The zero-order valence-corrected chi connectivity index (χ0v) is 12.1. The number of para-hydroxylation sites is 2. The quantitative estimate of drug-likeness (QED) is 0.933. The molecule has 22 heavy (non-hydrogen) atoms. The SMILES string of the molecule is C[C@H]1Oc2ccccc2N(CC(=O)NCc2ccco2)C1=O. The highest BCUT2D eigenvalue weighted by atomic mass is 16.5. The molecule has 6 nitrogen and oxygen atoms in total. The predicted octanol–water partition coefficient (Wildman–Crippen LogP) is 1.71. The molecule has 0 unspecified atom stereocenters. The van der Waals surface area contributed by atoms with Gasteiger partial charge in [0.15, 0.2) is 6.10 Å². The Morgan fingerprint density at radius 2 is 2.09 bits per heavy atom. The number of hydrogen-bond acceptors (Lipinski definition) is 4. The van der Waals surface area contributed by atoms with Crippen LogP contribution >= 0.6 is 0 Å². The van der Waals surface area contributed by atoms with E-state index in [0.717, 1.165) is 0 Å². The van der Waals surface area contributed by atoms with Crippen LogP contribution in [-0.2, 0) is 16.1 Å². The highest BCUT2D eigenvalue weighted by molar-refractivity contribution is 6.03. The molecule has 2 aromatic rings. The summed E-state index contributed by atoms with van der Waals surface area (Å²) in [5, 5.41) is 2.73. The molecule has 1 N–H and O–H groups in total. The molecule has 0 radical (unpaired) electrons. The summed E-state index contributed by atoms with van der Waals surface area (Å²) in [4.78, 5) is 25.8. The standard InChI is InChI=1S/C16H16N2O4/c1-11-16(20)18(13-6-2-3-7-14(13)22-11)10-15(19)17-9-12-5-4-8-21-12/h2-8,11H,9-10H2,1H3,(H,17,19)/t11-/m1/s1. The van der Waals surface area contributed by atoms with Gasteiger partial charge in [-0.1, -0.05) is 12.1 Å². The lowest BCUT2D eigenvalue weighted by Crippen LogP contribution is -2.48. The van der Waals surface area contributed by atoms with Gasteiger partial charge in [0, 0.05) is 0 Å². The molecule has 2 amide bonds. The third-order valence-electron chi connectivity index (χ3n) is 3.42. The van der Waals surface area contributed by atoms with Gasteiger partial charge in [-0.2, -0.15) is 0 Å². The molecule has 1 atom stereocenters. The Morgan fingerprint density at radius 1 is 1.27 bits per heavy atom. The van der Waals surface area contributed by atoms with Gasteiger partial charge >= 0.3 is 0 Å². The Balaban J connectivity index is 1.70. The minimum absolute atomic E-state index is 0.0513. The molecule has 1 aromatic carbocycles. The molecule has 0 aliphatic carbocycles. The lowest BCUT2D eigenvalue weighted by atomic mass is 10.2. The second-order valence-electron chi connectivity index (χ2n) is 5.01. The van der Waals surface area contributed by atoms with Gasteiger partial charge in [-0.25, -0.2) is 0 Å². The molecule has 0 spiro atoms. The van der Waals surface area contributed by atoms with Gasteiger partial charge in [0.25, 0.3) is 5.91 Å². The van der Waals surface area contributed by atoms with Crippen LogP contribution in [0.5, 0.6) is 5.75 Å². The fourth-order valence-corrected chi connectivity index (χ4v) is 2.32. The number of nitrogens with zero attached hydrogens (tertiary/aromatic N) is 1. The summed E-state index contributed by atoms with van der Waals surface area (Å²) < 4.78 is 10.7. The Bertz CT molecular complexity index is 681. The van der Waals surface area contributed by atoms with Crippen molar-refractivity contribution < 1.29 is 18.7 Å². The fraction of sp³-hybridized carbons (Fsp3) is 0.250. The van der Waals surface area contributed by atoms with Crippen LogP contribution in [0.25, 0.3) is 0 Å². The molecule has 1 aliphatic rings. The summed E-state index contributed by atoms with van der Waals surface area (Å²) in [5.41, 5.74) is 0.610. The molecule has 1 aliphatic heterocycles. The van der Waals surface area contributed by atoms with Crippen molar-refractivity contribution in [2.45, 2.75) is 19.6 Å². The number of benzene rings is 1. The second kappa shape index (κ2) is 5.93. The van der Waals surface area contributed by atoms with E-state index in [1.54, 1.807) is 43.5 Å². The minimum Gasteiger partial charge on any atom is -0.479 e. The number of nitrogens with one attached hydrogen (secondary N) is 1.